The number of carbonyl (C=O) groups is 1. The van der Waals surface area contributed by atoms with Crippen molar-refractivity contribution in [1.29, 1.82) is 0 Å². The summed E-state index contributed by atoms with van der Waals surface area (Å²) in [4.78, 5) is 14.6. The van der Waals surface area contributed by atoms with E-state index >= 15 is 0 Å². The van der Waals surface area contributed by atoms with Crippen molar-refractivity contribution in [2.45, 2.75) is 32.7 Å². The SMILES string of the molecule is COc1cc2c(cc1OC)CN(C(=O)CNc1ccccc1C(C)C)CC2. The molecule has 1 heterocycles. The monoisotopic (exact) mass is 368 g/mol. The van der Waals surface area contributed by atoms with Crippen molar-refractivity contribution < 1.29 is 14.3 Å². The predicted octanol–water partition coefficient (Wildman–Crippen LogP) is 3.82. The molecule has 0 spiro atoms. The summed E-state index contributed by atoms with van der Waals surface area (Å²) in [6.45, 7) is 5.93. The van der Waals surface area contributed by atoms with Crippen LogP contribution in [0.1, 0.15) is 36.5 Å². The second-order valence-electron chi connectivity index (χ2n) is 7.14. The minimum absolute atomic E-state index is 0.106. The summed E-state index contributed by atoms with van der Waals surface area (Å²) in [5.41, 5.74) is 4.60. The summed E-state index contributed by atoms with van der Waals surface area (Å²) in [5, 5.41) is 3.32. The molecule has 5 heteroatoms. The van der Waals surface area contributed by atoms with Crippen molar-refractivity contribution in [3.63, 3.8) is 0 Å². The molecule has 1 aliphatic heterocycles. The first-order chi connectivity index (χ1) is 13.0. The Hall–Kier alpha value is -2.69. The zero-order valence-corrected chi connectivity index (χ0v) is 16.5. The molecule has 0 saturated carbocycles. The molecule has 2 aromatic rings. The summed E-state index contributed by atoms with van der Waals surface area (Å²) in [6, 6.07) is 12.2. The van der Waals surface area contributed by atoms with Crippen LogP contribution in [0.25, 0.3) is 0 Å². The fourth-order valence-corrected chi connectivity index (χ4v) is 3.54. The number of benzene rings is 2. The number of para-hydroxylation sites is 1. The van der Waals surface area contributed by atoms with Gasteiger partial charge in [-0.1, -0.05) is 32.0 Å². The molecule has 0 aromatic heterocycles. The van der Waals surface area contributed by atoms with E-state index in [0.29, 0.717) is 24.8 Å². The highest BCUT2D eigenvalue weighted by Gasteiger charge is 2.22. The third-order valence-electron chi connectivity index (χ3n) is 5.08. The number of rotatable bonds is 6. The molecule has 0 unspecified atom stereocenters. The van der Waals surface area contributed by atoms with Gasteiger partial charge in [-0.15, -0.1) is 0 Å². The standard InChI is InChI=1S/C22H28N2O3/c1-15(2)18-7-5-6-8-19(18)23-13-22(25)24-10-9-16-11-20(26-3)21(27-4)12-17(16)14-24/h5-8,11-12,15,23H,9-10,13-14H2,1-4H3. The van der Waals surface area contributed by atoms with Crippen molar-refractivity contribution in [1.82, 2.24) is 4.90 Å². The quantitative estimate of drug-likeness (QED) is 0.842. The van der Waals surface area contributed by atoms with Gasteiger partial charge in [0.1, 0.15) is 0 Å². The number of carbonyl (C=O) groups excluding carboxylic acids is 1. The van der Waals surface area contributed by atoms with E-state index in [0.717, 1.165) is 30.0 Å². The number of fused-ring (bicyclic) bond motifs is 1. The Kier molecular flexibility index (Phi) is 5.89. The van der Waals surface area contributed by atoms with Gasteiger partial charge in [0.15, 0.2) is 11.5 Å². The van der Waals surface area contributed by atoms with Crippen LogP contribution < -0.4 is 14.8 Å². The smallest absolute Gasteiger partial charge is 0.242 e. The van der Waals surface area contributed by atoms with Gasteiger partial charge in [0.25, 0.3) is 0 Å². The van der Waals surface area contributed by atoms with E-state index in [1.54, 1.807) is 14.2 Å². The first kappa shape index (κ1) is 19.1. The minimum Gasteiger partial charge on any atom is -0.493 e. The third kappa shape index (κ3) is 4.18. The highest BCUT2D eigenvalue weighted by atomic mass is 16.5. The Morgan fingerprint density at radius 1 is 1.11 bits per heavy atom. The maximum Gasteiger partial charge on any atom is 0.242 e. The molecule has 0 bridgehead atoms. The Labute approximate surface area is 161 Å². The summed E-state index contributed by atoms with van der Waals surface area (Å²) >= 11 is 0. The Bertz CT molecular complexity index is 817. The summed E-state index contributed by atoms with van der Waals surface area (Å²) in [6.07, 6.45) is 0.823. The van der Waals surface area contributed by atoms with Crippen molar-refractivity contribution >= 4 is 11.6 Å². The second kappa shape index (κ2) is 8.33. The van der Waals surface area contributed by atoms with Crippen molar-refractivity contribution in [2.75, 3.05) is 32.6 Å². The van der Waals surface area contributed by atoms with Gasteiger partial charge in [-0.3, -0.25) is 4.79 Å². The fourth-order valence-electron chi connectivity index (χ4n) is 3.54. The topological polar surface area (TPSA) is 50.8 Å². The van der Waals surface area contributed by atoms with Gasteiger partial charge in [0.2, 0.25) is 5.91 Å². The highest BCUT2D eigenvalue weighted by molar-refractivity contribution is 5.81. The van der Waals surface area contributed by atoms with Crippen LogP contribution in [0.4, 0.5) is 5.69 Å². The molecule has 5 nitrogen and oxygen atoms in total. The van der Waals surface area contributed by atoms with Crippen molar-refractivity contribution in [2.24, 2.45) is 0 Å². The molecule has 1 amide bonds. The number of nitrogens with one attached hydrogen (secondary N) is 1. The van der Waals surface area contributed by atoms with Gasteiger partial charge in [0, 0.05) is 18.8 Å². The summed E-state index contributed by atoms with van der Waals surface area (Å²) < 4.78 is 10.8. The van der Waals surface area contributed by atoms with Gasteiger partial charge in [-0.2, -0.15) is 0 Å². The van der Waals surface area contributed by atoms with Gasteiger partial charge in [0.05, 0.1) is 20.8 Å². The lowest BCUT2D eigenvalue weighted by molar-refractivity contribution is -0.130. The van der Waals surface area contributed by atoms with E-state index in [-0.39, 0.29) is 5.91 Å². The van der Waals surface area contributed by atoms with Crippen LogP contribution in [0.2, 0.25) is 0 Å². The highest BCUT2D eigenvalue weighted by Crippen LogP contribution is 2.33. The van der Waals surface area contributed by atoms with Gasteiger partial charge in [-0.25, -0.2) is 0 Å². The molecule has 144 valence electrons. The molecule has 0 fully saturated rings. The number of hydrogen-bond acceptors (Lipinski definition) is 4. The molecule has 1 N–H and O–H groups in total. The molecule has 27 heavy (non-hydrogen) atoms. The molecule has 3 rings (SSSR count). The second-order valence-corrected chi connectivity index (χ2v) is 7.14. The Balaban J connectivity index is 1.68. The van der Waals surface area contributed by atoms with Crippen LogP contribution >= 0.6 is 0 Å². The molecule has 1 aliphatic rings. The first-order valence-electron chi connectivity index (χ1n) is 9.37. The predicted molar refractivity (Wildman–Crippen MR) is 108 cm³/mol. The Morgan fingerprint density at radius 3 is 2.44 bits per heavy atom. The maximum absolute atomic E-state index is 12.7. The zero-order valence-electron chi connectivity index (χ0n) is 16.5. The lowest BCUT2D eigenvalue weighted by atomic mass is 9.98. The van der Waals surface area contributed by atoms with Gasteiger partial charge in [-0.05, 0) is 47.2 Å². The van der Waals surface area contributed by atoms with Crippen LogP contribution in [0, 0.1) is 0 Å². The molecular weight excluding hydrogens is 340 g/mol. The average Bonchev–Trinajstić information content (AvgIpc) is 2.70. The molecule has 0 radical (unpaired) electrons. The zero-order chi connectivity index (χ0) is 19.4. The number of nitrogens with zero attached hydrogens (tertiary/aromatic N) is 1. The lowest BCUT2D eigenvalue weighted by Crippen LogP contribution is -2.39. The lowest BCUT2D eigenvalue weighted by Gasteiger charge is -2.30. The Morgan fingerprint density at radius 2 is 1.78 bits per heavy atom. The maximum atomic E-state index is 12.7. The minimum atomic E-state index is 0.106. The first-order valence-corrected chi connectivity index (χ1v) is 9.37. The largest absolute Gasteiger partial charge is 0.493 e. The normalized spacial score (nSPS) is 13.3. The van der Waals surface area contributed by atoms with E-state index in [1.807, 2.05) is 35.2 Å². The molecule has 0 aliphatic carbocycles. The van der Waals surface area contributed by atoms with Gasteiger partial charge < -0.3 is 19.7 Å². The molecule has 2 aromatic carbocycles. The van der Waals surface area contributed by atoms with Gasteiger partial charge >= 0.3 is 0 Å². The van der Waals surface area contributed by atoms with E-state index in [2.05, 4.69) is 25.2 Å². The van der Waals surface area contributed by atoms with Crippen LogP contribution in [0.15, 0.2) is 36.4 Å². The summed E-state index contributed by atoms with van der Waals surface area (Å²) in [5.74, 6) is 1.96. The van der Waals surface area contributed by atoms with E-state index in [4.69, 9.17) is 9.47 Å². The molecule has 0 saturated heterocycles. The van der Waals surface area contributed by atoms with Crippen molar-refractivity contribution in [3.05, 3.63) is 53.1 Å². The van der Waals surface area contributed by atoms with E-state index in [1.165, 1.54) is 11.1 Å². The van der Waals surface area contributed by atoms with Crippen LogP contribution in [-0.4, -0.2) is 38.1 Å². The van der Waals surface area contributed by atoms with Crippen molar-refractivity contribution in [3.8, 4) is 11.5 Å². The summed E-state index contributed by atoms with van der Waals surface area (Å²) in [7, 11) is 3.27. The number of hydrogen-bond donors (Lipinski definition) is 1. The van der Waals surface area contributed by atoms with Crippen LogP contribution in [-0.2, 0) is 17.8 Å². The molecular formula is C22H28N2O3. The molecule has 0 atom stereocenters. The third-order valence-corrected chi connectivity index (χ3v) is 5.08. The van der Waals surface area contributed by atoms with Crippen LogP contribution in [0.3, 0.4) is 0 Å². The fraction of sp³-hybridized carbons (Fsp3) is 0.409. The number of amides is 1. The van der Waals surface area contributed by atoms with E-state index in [9.17, 15) is 4.79 Å². The number of anilines is 1. The van der Waals surface area contributed by atoms with Crippen LogP contribution in [0.5, 0.6) is 11.5 Å². The number of methoxy groups -OCH3 is 2. The van der Waals surface area contributed by atoms with E-state index < -0.39 is 0 Å². The average molecular weight is 368 g/mol. The number of ether oxygens (including phenoxy) is 2.